The second-order valence-corrected chi connectivity index (χ2v) is 6.25. The molecule has 1 aliphatic carbocycles. The van der Waals surface area contributed by atoms with Crippen LogP contribution in [-0.2, 0) is 27.3 Å². The highest BCUT2D eigenvalue weighted by atomic mass is 16.5. The van der Waals surface area contributed by atoms with Crippen LogP contribution in [0.3, 0.4) is 0 Å². The summed E-state index contributed by atoms with van der Waals surface area (Å²) >= 11 is 0. The minimum atomic E-state index is -0.283. The molecule has 1 aromatic carbocycles. The predicted octanol–water partition coefficient (Wildman–Crippen LogP) is 2.06. The average molecular weight is 329 g/mol. The van der Waals surface area contributed by atoms with Crippen molar-refractivity contribution in [1.82, 2.24) is 14.9 Å². The fraction of sp³-hybridized carbons (Fsp3) is 0.500. The molecule has 1 atom stereocenters. The number of imidazole rings is 1. The molecular formula is C18H23N3O3. The van der Waals surface area contributed by atoms with E-state index in [1.807, 2.05) is 35.8 Å². The lowest BCUT2D eigenvalue weighted by atomic mass is 10.1. The topological polar surface area (TPSA) is 73.2 Å². The quantitative estimate of drug-likeness (QED) is 0.789. The number of carbonyl (C=O) groups excluding carboxylic acids is 2. The van der Waals surface area contributed by atoms with Crippen molar-refractivity contribution >= 4 is 22.9 Å². The molecule has 1 amide bonds. The van der Waals surface area contributed by atoms with Crippen molar-refractivity contribution in [1.29, 1.82) is 0 Å². The molecule has 0 bridgehead atoms. The molecule has 128 valence electrons. The molecule has 2 aromatic rings. The zero-order valence-corrected chi connectivity index (χ0v) is 14.1. The van der Waals surface area contributed by atoms with E-state index in [-0.39, 0.29) is 30.9 Å². The fourth-order valence-corrected chi connectivity index (χ4v) is 3.06. The van der Waals surface area contributed by atoms with Gasteiger partial charge in [-0.05, 0) is 30.9 Å². The van der Waals surface area contributed by atoms with Crippen molar-refractivity contribution in [2.24, 2.45) is 5.92 Å². The van der Waals surface area contributed by atoms with Crippen molar-refractivity contribution in [3.63, 3.8) is 0 Å². The molecule has 1 heterocycles. The number of rotatable bonds is 7. The summed E-state index contributed by atoms with van der Waals surface area (Å²) in [5.41, 5.74) is 1.86. The number of aryl methyl sites for hydroxylation is 1. The molecule has 3 rings (SSSR count). The van der Waals surface area contributed by atoms with Gasteiger partial charge in [0.2, 0.25) is 5.91 Å². The molecule has 1 aromatic heterocycles. The number of hydrogen-bond acceptors (Lipinski definition) is 4. The summed E-state index contributed by atoms with van der Waals surface area (Å²) < 4.78 is 6.69. The first-order chi connectivity index (χ1) is 11.6. The van der Waals surface area contributed by atoms with Crippen LogP contribution in [0.15, 0.2) is 24.3 Å². The second-order valence-electron chi connectivity index (χ2n) is 6.25. The smallest absolute Gasteiger partial charge is 0.307 e. The zero-order valence-electron chi connectivity index (χ0n) is 14.1. The van der Waals surface area contributed by atoms with Gasteiger partial charge in [-0.3, -0.25) is 9.59 Å². The minimum absolute atomic E-state index is 0.0892. The van der Waals surface area contributed by atoms with Crippen LogP contribution >= 0.6 is 0 Å². The highest BCUT2D eigenvalue weighted by molar-refractivity contribution is 5.82. The van der Waals surface area contributed by atoms with Gasteiger partial charge in [0.25, 0.3) is 0 Å². The molecule has 6 nitrogen and oxygen atoms in total. The van der Waals surface area contributed by atoms with Gasteiger partial charge in [0.1, 0.15) is 12.4 Å². The number of nitrogens with zero attached hydrogens (tertiary/aromatic N) is 2. The van der Waals surface area contributed by atoms with Crippen molar-refractivity contribution in [3.8, 4) is 0 Å². The third-order valence-corrected chi connectivity index (χ3v) is 4.50. The van der Waals surface area contributed by atoms with E-state index in [9.17, 15) is 9.59 Å². The SMILES string of the molecule is CCc1nc2ccccc2n1CC(=O)N[C@@H](CC(=O)OC)C1CC1. The monoisotopic (exact) mass is 329 g/mol. The van der Waals surface area contributed by atoms with Crippen LogP contribution in [0.2, 0.25) is 0 Å². The molecular weight excluding hydrogens is 306 g/mol. The number of carbonyl (C=O) groups is 2. The standard InChI is InChI=1S/C18H23N3O3/c1-3-16-19-13-6-4-5-7-15(13)21(16)11-17(22)20-14(12-8-9-12)10-18(23)24-2/h4-7,12,14H,3,8-11H2,1-2H3,(H,20,22)/t14-/m0/s1. The van der Waals surface area contributed by atoms with Crippen molar-refractivity contribution in [2.75, 3.05) is 7.11 Å². The molecule has 1 N–H and O–H groups in total. The Bertz CT molecular complexity index is 749. The van der Waals surface area contributed by atoms with Gasteiger partial charge in [0, 0.05) is 12.5 Å². The number of nitrogens with one attached hydrogen (secondary N) is 1. The van der Waals surface area contributed by atoms with Gasteiger partial charge < -0.3 is 14.6 Å². The normalized spacial score (nSPS) is 15.2. The molecule has 0 saturated heterocycles. The lowest BCUT2D eigenvalue weighted by Gasteiger charge is -2.18. The van der Waals surface area contributed by atoms with E-state index >= 15 is 0 Å². The van der Waals surface area contributed by atoms with Crippen molar-refractivity contribution in [2.45, 2.75) is 45.2 Å². The Morgan fingerprint density at radius 1 is 1.38 bits per heavy atom. The first-order valence-corrected chi connectivity index (χ1v) is 8.42. The molecule has 0 spiro atoms. The first-order valence-electron chi connectivity index (χ1n) is 8.42. The van der Waals surface area contributed by atoms with Crippen LogP contribution < -0.4 is 5.32 Å². The Balaban J connectivity index is 1.73. The average Bonchev–Trinajstić information content (AvgIpc) is 3.37. The van der Waals surface area contributed by atoms with E-state index in [2.05, 4.69) is 10.3 Å². The van der Waals surface area contributed by atoms with Crippen molar-refractivity contribution in [3.05, 3.63) is 30.1 Å². The number of methoxy groups -OCH3 is 1. The number of fused-ring (bicyclic) bond motifs is 1. The Kier molecular flexibility index (Phi) is 4.83. The third-order valence-electron chi connectivity index (χ3n) is 4.50. The summed E-state index contributed by atoms with van der Waals surface area (Å²) in [5, 5.41) is 3.01. The maximum Gasteiger partial charge on any atom is 0.307 e. The Morgan fingerprint density at radius 3 is 2.79 bits per heavy atom. The van der Waals surface area contributed by atoms with Gasteiger partial charge >= 0.3 is 5.97 Å². The van der Waals surface area contributed by atoms with Gasteiger partial charge in [0.05, 0.1) is 24.6 Å². The number of aromatic nitrogens is 2. The van der Waals surface area contributed by atoms with E-state index in [0.717, 1.165) is 36.1 Å². The number of hydrogen-bond donors (Lipinski definition) is 1. The predicted molar refractivity (Wildman–Crippen MR) is 90.4 cm³/mol. The molecule has 6 heteroatoms. The largest absolute Gasteiger partial charge is 0.469 e. The molecule has 0 radical (unpaired) electrons. The highest BCUT2D eigenvalue weighted by Crippen LogP contribution is 2.34. The van der Waals surface area contributed by atoms with Crippen LogP contribution in [0, 0.1) is 5.92 Å². The third kappa shape index (κ3) is 3.58. The van der Waals surface area contributed by atoms with E-state index in [0.29, 0.717) is 5.92 Å². The summed E-state index contributed by atoms with van der Waals surface area (Å²) in [7, 11) is 1.37. The molecule has 1 fully saturated rings. The van der Waals surface area contributed by atoms with Crippen LogP contribution in [0.1, 0.15) is 32.0 Å². The lowest BCUT2D eigenvalue weighted by molar-refractivity contribution is -0.141. The Hall–Kier alpha value is -2.37. The van der Waals surface area contributed by atoms with Crippen LogP contribution in [-0.4, -0.2) is 34.6 Å². The summed E-state index contributed by atoms with van der Waals surface area (Å²) in [6.45, 7) is 2.24. The highest BCUT2D eigenvalue weighted by Gasteiger charge is 2.34. The molecule has 24 heavy (non-hydrogen) atoms. The maximum atomic E-state index is 12.5. The van der Waals surface area contributed by atoms with Gasteiger partial charge in [-0.2, -0.15) is 0 Å². The molecule has 0 unspecified atom stereocenters. The van der Waals surface area contributed by atoms with E-state index in [1.54, 1.807) is 0 Å². The number of para-hydroxylation sites is 2. The first kappa shape index (κ1) is 16.5. The van der Waals surface area contributed by atoms with Crippen LogP contribution in [0.4, 0.5) is 0 Å². The Morgan fingerprint density at radius 2 is 2.12 bits per heavy atom. The molecule has 1 aliphatic rings. The minimum Gasteiger partial charge on any atom is -0.469 e. The maximum absolute atomic E-state index is 12.5. The summed E-state index contributed by atoms with van der Waals surface area (Å²) in [6, 6.07) is 7.68. The number of esters is 1. The molecule has 1 saturated carbocycles. The summed E-state index contributed by atoms with van der Waals surface area (Å²) in [6.07, 6.45) is 3.10. The van der Waals surface area contributed by atoms with E-state index in [4.69, 9.17) is 4.74 Å². The van der Waals surface area contributed by atoms with E-state index in [1.165, 1.54) is 7.11 Å². The second kappa shape index (κ2) is 7.03. The van der Waals surface area contributed by atoms with Gasteiger partial charge in [0.15, 0.2) is 0 Å². The van der Waals surface area contributed by atoms with Crippen LogP contribution in [0.5, 0.6) is 0 Å². The van der Waals surface area contributed by atoms with Gasteiger partial charge in [-0.15, -0.1) is 0 Å². The Labute approximate surface area is 141 Å². The lowest BCUT2D eigenvalue weighted by Crippen LogP contribution is -2.40. The number of ether oxygens (including phenoxy) is 1. The number of amides is 1. The van der Waals surface area contributed by atoms with Gasteiger partial charge in [-0.1, -0.05) is 19.1 Å². The van der Waals surface area contributed by atoms with Crippen molar-refractivity contribution < 1.29 is 14.3 Å². The van der Waals surface area contributed by atoms with E-state index < -0.39 is 0 Å². The van der Waals surface area contributed by atoms with Crippen LogP contribution in [0.25, 0.3) is 11.0 Å². The summed E-state index contributed by atoms with van der Waals surface area (Å²) in [5.74, 6) is 0.906. The fourth-order valence-electron chi connectivity index (χ4n) is 3.06. The molecule has 0 aliphatic heterocycles. The summed E-state index contributed by atoms with van der Waals surface area (Å²) in [4.78, 5) is 28.6. The number of benzene rings is 1. The zero-order chi connectivity index (χ0) is 17.1. The van der Waals surface area contributed by atoms with Gasteiger partial charge in [-0.25, -0.2) is 4.98 Å².